The van der Waals surface area contributed by atoms with Crippen LogP contribution in [0.4, 0.5) is 0 Å². The minimum Gasteiger partial charge on any atom is -0.492 e. The van der Waals surface area contributed by atoms with Crippen molar-refractivity contribution in [1.29, 1.82) is 0 Å². The van der Waals surface area contributed by atoms with E-state index in [1.807, 2.05) is 36.2 Å². The molecule has 1 saturated heterocycles. The fourth-order valence-electron chi connectivity index (χ4n) is 3.42. The Kier molecular flexibility index (Phi) is 9.46. The predicted molar refractivity (Wildman–Crippen MR) is 125 cm³/mol. The first-order chi connectivity index (χ1) is 15.1. The molecule has 0 unspecified atom stereocenters. The van der Waals surface area contributed by atoms with Crippen molar-refractivity contribution in [2.45, 2.75) is 32.1 Å². The van der Waals surface area contributed by atoms with Gasteiger partial charge in [-0.15, -0.1) is 0 Å². The Balaban J connectivity index is 1.42. The van der Waals surface area contributed by atoms with Gasteiger partial charge in [-0.3, -0.25) is 4.99 Å². The summed E-state index contributed by atoms with van der Waals surface area (Å²) < 4.78 is 17.2. The van der Waals surface area contributed by atoms with Crippen LogP contribution in [0.5, 0.6) is 5.75 Å². The van der Waals surface area contributed by atoms with E-state index in [4.69, 9.17) is 25.8 Å². The molecule has 1 N–H and O–H groups in total. The van der Waals surface area contributed by atoms with Crippen LogP contribution in [0.25, 0.3) is 0 Å². The summed E-state index contributed by atoms with van der Waals surface area (Å²) in [5.74, 6) is 1.59. The molecular weight excluding hydrogens is 414 g/mol. The van der Waals surface area contributed by atoms with E-state index in [1.165, 1.54) is 11.1 Å². The standard InChI is InChI=1S/C24H32ClN3O3/c1-26-24(28(2)11-14-30-23-8-4-7-21(25)16-23)27-17-19-5-3-6-20(15-19)18-31-22-9-12-29-13-10-22/h3-8,15-16,22H,9-14,17-18H2,1-2H3,(H,26,27). The van der Waals surface area contributed by atoms with E-state index in [0.717, 1.165) is 37.8 Å². The number of aliphatic imine (C=N–C) groups is 1. The van der Waals surface area contributed by atoms with Gasteiger partial charge in [0.25, 0.3) is 0 Å². The van der Waals surface area contributed by atoms with Gasteiger partial charge in [0.15, 0.2) is 5.96 Å². The van der Waals surface area contributed by atoms with Crippen molar-refractivity contribution < 1.29 is 14.2 Å². The van der Waals surface area contributed by atoms with E-state index in [1.54, 1.807) is 7.05 Å². The lowest BCUT2D eigenvalue weighted by molar-refractivity contribution is -0.0390. The van der Waals surface area contributed by atoms with Crippen LogP contribution in [0.1, 0.15) is 24.0 Å². The van der Waals surface area contributed by atoms with Gasteiger partial charge in [-0.2, -0.15) is 0 Å². The van der Waals surface area contributed by atoms with Gasteiger partial charge in [-0.05, 0) is 42.2 Å². The summed E-state index contributed by atoms with van der Waals surface area (Å²) in [7, 11) is 3.78. The summed E-state index contributed by atoms with van der Waals surface area (Å²) in [6.45, 7) is 4.16. The van der Waals surface area contributed by atoms with Crippen LogP contribution in [-0.4, -0.2) is 57.4 Å². The van der Waals surface area contributed by atoms with Gasteiger partial charge in [-0.25, -0.2) is 0 Å². The van der Waals surface area contributed by atoms with Crippen LogP contribution in [0.2, 0.25) is 5.02 Å². The molecule has 0 amide bonds. The van der Waals surface area contributed by atoms with E-state index >= 15 is 0 Å². The van der Waals surface area contributed by atoms with E-state index in [9.17, 15) is 0 Å². The summed E-state index contributed by atoms with van der Waals surface area (Å²) in [4.78, 5) is 6.43. The normalized spacial score (nSPS) is 15.0. The molecule has 0 aliphatic carbocycles. The Morgan fingerprint density at radius 2 is 1.94 bits per heavy atom. The number of ether oxygens (including phenoxy) is 3. The number of hydrogen-bond donors (Lipinski definition) is 1. The molecule has 31 heavy (non-hydrogen) atoms. The van der Waals surface area contributed by atoms with Crippen LogP contribution in [-0.2, 0) is 22.6 Å². The Morgan fingerprint density at radius 1 is 1.16 bits per heavy atom. The maximum atomic E-state index is 6.04. The van der Waals surface area contributed by atoms with Crippen LogP contribution in [0.15, 0.2) is 53.5 Å². The first kappa shape index (κ1) is 23.4. The molecule has 0 bridgehead atoms. The van der Waals surface area contributed by atoms with E-state index in [2.05, 4.69) is 34.6 Å². The fraction of sp³-hybridized carbons (Fsp3) is 0.458. The van der Waals surface area contributed by atoms with Gasteiger partial charge >= 0.3 is 0 Å². The summed E-state index contributed by atoms with van der Waals surface area (Å²) >= 11 is 6.00. The number of halogens is 1. The van der Waals surface area contributed by atoms with Crippen LogP contribution >= 0.6 is 11.6 Å². The van der Waals surface area contributed by atoms with Gasteiger partial charge < -0.3 is 24.4 Å². The number of benzene rings is 2. The molecule has 2 aromatic carbocycles. The Hall–Kier alpha value is -2.28. The molecule has 0 radical (unpaired) electrons. The highest BCUT2D eigenvalue weighted by atomic mass is 35.5. The van der Waals surface area contributed by atoms with Crippen molar-refractivity contribution in [1.82, 2.24) is 10.2 Å². The average Bonchev–Trinajstić information content (AvgIpc) is 2.79. The number of likely N-dealkylation sites (N-methyl/N-ethyl adjacent to an activating group) is 1. The molecule has 1 fully saturated rings. The molecule has 0 atom stereocenters. The maximum Gasteiger partial charge on any atom is 0.193 e. The first-order valence-corrected chi connectivity index (χ1v) is 11.1. The third-order valence-electron chi connectivity index (χ3n) is 5.16. The molecule has 0 aromatic heterocycles. The minimum atomic E-state index is 0.303. The number of rotatable bonds is 9. The number of nitrogens with zero attached hydrogens (tertiary/aromatic N) is 2. The Morgan fingerprint density at radius 3 is 2.71 bits per heavy atom. The molecule has 1 aliphatic rings. The molecule has 0 saturated carbocycles. The molecular formula is C24H32ClN3O3. The van der Waals surface area contributed by atoms with E-state index in [-0.39, 0.29) is 0 Å². The van der Waals surface area contributed by atoms with Gasteiger partial charge in [0, 0.05) is 38.9 Å². The zero-order valence-electron chi connectivity index (χ0n) is 18.4. The Bertz CT molecular complexity index is 840. The minimum absolute atomic E-state index is 0.303. The molecule has 7 heteroatoms. The summed E-state index contributed by atoms with van der Waals surface area (Å²) in [6.07, 6.45) is 2.26. The van der Waals surface area contributed by atoms with Crippen molar-refractivity contribution in [3.8, 4) is 5.75 Å². The van der Waals surface area contributed by atoms with Gasteiger partial charge in [0.1, 0.15) is 12.4 Å². The lowest BCUT2D eigenvalue weighted by Crippen LogP contribution is -2.40. The van der Waals surface area contributed by atoms with E-state index in [0.29, 0.717) is 37.4 Å². The van der Waals surface area contributed by atoms with Crippen molar-refractivity contribution in [3.05, 3.63) is 64.7 Å². The van der Waals surface area contributed by atoms with Crippen molar-refractivity contribution in [2.75, 3.05) is 40.5 Å². The van der Waals surface area contributed by atoms with Crippen LogP contribution in [0.3, 0.4) is 0 Å². The third kappa shape index (κ3) is 8.05. The second-order valence-electron chi connectivity index (χ2n) is 7.57. The summed E-state index contributed by atoms with van der Waals surface area (Å²) in [6, 6.07) is 15.9. The van der Waals surface area contributed by atoms with Crippen LogP contribution < -0.4 is 10.1 Å². The zero-order valence-corrected chi connectivity index (χ0v) is 19.1. The Labute approximate surface area is 190 Å². The second kappa shape index (κ2) is 12.5. The first-order valence-electron chi connectivity index (χ1n) is 10.7. The third-order valence-corrected chi connectivity index (χ3v) is 5.40. The fourth-order valence-corrected chi connectivity index (χ4v) is 3.60. The highest BCUT2D eigenvalue weighted by Crippen LogP contribution is 2.17. The topological polar surface area (TPSA) is 55.3 Å². The SMILES string of the molecule is CN=C(NCc1cccc(COC2CCOCC2)c1)N(C)CCOc1cccc(Cl)c1. The molecule has 168 valence electrons. The van der Waals surface area contributed by atoms with Gasteiger partial charge in [0.2, 0.25) is 0 Å². The summed E-state index contributed by atoms with van der Waals surface area (Å²) in [5, 5.41) is 4.09. The van der Waals surface area contributed by atoms with Crippen molar-refractivity contribution in [2.24, 2.45) is 4.99 Å². The number of guanidine groups is 1. The van der Waals surface area contributed by atoms with Crippen LogP contribution in [0, 0.1) is 0 Å². The molecule has 0 spiro atoms. The zero-order chi connectivity index (χ0) is 21.9. The molecule has 1 heterocycles. The molecule has 1 aliphatic heterocycles. The molecule has 2 aromatic rings. The van der Waals surface area contributed by atoms with Crippen molar-refractivity contribution in [3.63, 3.8) is 0 Å². The summed E-state index contributed by atoms with van der Waals surface area (Å²) in [5.41, 5.74) is 2.38. The van der Waals surface area contributed by atoms with Crippen molar-refractivity contribution >= 4 is 17.6 Å². The second-order valence-corrected chi connectivity index (χ2v) is 8.01. The number of hydrogen-bond acceptors (Lipinski definition) is 4. The average molecular weight is 446 g/mol. The number of nitrogens with one attached hydrogen (secondary N) is 1. The predicted octanol–water partition coefficient (Wildman–Crippen LogP) is 4.12. The largest absolute Gasteiger partial charge is 0.492 e. The quantitative estimate of drug-likeness (QED) is 0.464. The lowest BCUT2D eigenvalue weighted by Gasteiger charge is -2.23. The molecule has 3 rings (SSSR count). The maximum absolute atomic E-state index is 6.04. The monoisotopic (exact) mass is 445 g/mol. The lowest BCUT2D eigenvalue weighted by atomic mass is 10.1. The highest BCUT2D eigenvalue weighted by molar-refractivity contribution is 6.30. The highest BCUT2D eigenvalue weighted by Gasteiger charge is 2.14. The molecule has 6 nitrogen and oxygen atoms in total. The van der Waals surface area contributed by atoms with Gasteiger partial charge in [0.05, 0.1) is 19.3 Å². The van der Waals surface area contributed by atoms with E-state index < -0.39 is 0 Å². The van der Waals surface area contributed by atoms with Gasteiger partial charge in [-0.1, -0.05) is 41.9 Å². The smallest absolute Gasteiger partial charge is 0.193 e.